The lowest BCUT2D eigenvalue weighted by Gasteiger charge is -2.21. The number of nitrogens with zero attached hydrogens (tertiary/aromatic N) is 1. The first-order chi connectivity index (χ1) is 10.3. The Kier molecular flexibility index (Phi) is 3.17. The second kappa shape index (κ2) is 4.81. The van der Waals surface area contributed by atoms with Gasteiger partial charge in [-0.1, -0.05) is 24.8 Å². The minimum Gasteiger partial charge on any atom is -0.397 e. The van der Waals surface area contributed by atoms with E-state index in [1.165, 1.54) is 0 Å². The summed E-state index contributed by atoms with van der Waals surface area (Å²) >= 11 is -5.40. The average Bonchev–Trinajstić information content (AvgIpc) is 2.71. The Hall–Kier alpha value is -2.41. The molecule has 2 aromatic carbocycles. The smallest absolute Gasteiger partial charge is 0.263 e. The van der Waals surface area contributed by atoms with Crippen molar-refractivity contribution in [2.75, 3.05) is 10.6 Å². The molecule has 1 amide bonds. The molecule has 3 rings (SSSR count). The number of halogens is 3. The van der Waals surface area contributed by atoms with Gasteiger partial charge in [-0.2, -0.15) is 0 Å². The molecule has 0 aliphatic carbocycles. The number of fused-ring (bicyclic) bond motifs is 1. The van der Waals surface area contributed by atoms with Crippen LogP contribution in [0, 0.1) is 0 Å². The maximum absolute atomic E-state index is 13.0. The van der Waals surface area contributed by atoms with Crippen LogP contribution in [0.15, 0.2) is 53.9 Å². The predicted octanol–water partition coefficient (Wildman–Crippen LogP) is 4.72. The molecule has 0 fully saturated rings. The van der Waals surface area contributed by atoms with Crippen LogP contribution < -0.4 is 10.6 Å². The number of nitrogens with two attached hydrogens (primary N) is 1. The number of amides is 1. The monoisotopic (exact) mass is 324 g/mol. The van der Waals surface area contributed by atoms with Crippen molar-refractivity contribution in [1.82, 2.24) is 0 Å². The molecule has 114 valence electrons. The van der Waals surface area contributed by atoms with E-state index in [2.05, 4.69) is 6.58 Å². The number of benzene rings is 2. The van der Waals surface area contributed by atoms with Gasteiger partial charge in [-0.15, -0.1) is 11.7 Å². The third kappa shape index (κ3) is 2.14. The number of carbonyl (C=O) groups is 1. The number of nitrogen functional groups attached to an aromatic ring is 1. The number of hydrogen-bond acceptors (Lipinski definition) is 2. The Labute approximate surface area is 127 Å². The van der Waals surface area contributed by atoms with E-state index < -0.39 is 22.0 Å². The van der Waals surface area contributed by atoms with Crippen LogP contribution in [0.5, 0.6) is 0 Å². The van der Waals surface area contributed by atoms with E-state index in [4.69, 9.17) is 5.73 Å². The third-order valence-electron chi connectivity index (χ3n) is 3.45. The second-order valence-corrected chi connectivity index (χ2v) is 6.04. The minimum absolute atomic E-state index is 0.00789. The van der Waals surface area contributed by atoms with E-state index in [1.54, 1.807) is 24.3 Å². The maximum Gasteiger partial charge on any atom is 0.263 e. The molecule has 0 bridgehead atoms. The summed E-state index contributed by atoms with van der Waals surface area (Å²) < 4.78 is 38.9. The summed E-state index contributed by atoms with van der Waals surface area (Å²) in [5.74, 6) is -0.429. The van der Waals surface area contributed by atoms with Crippen molar-refractivity contribution < 1.29 is 16.5 Å². The molecule has 0 saturated carbocycles. The van der Waals surface area contributed by atoms with Gasteiger partial charge in [0.15, 0.2) is 0 Å². The predicted molar refractivity (Wildman–Crippen MR) is 82.3 cm³/mol. The van der Waals surface area contributed by atoms with Gasteiger partial charge in [-0.3, -0.25) is 9.69 Å². The molecule has 2 N–H and O–H groups in total. The summed E-state index contributed by atoms with van der Waals surface area (Å²) in [6.07, 6.45) is 0. The normalized spacial score (nSPS) is 15.1. The number of anilines is 2. The molecule has 3 nitrogen and oxygen atoms in total. The highest BCUT2D eigenvalue weighted by Gasteiger charge is 2.34. The fourth-order valence-electron chi connectivity index (χ4n) is 2.40. The molecule has 0 radical (unpaired) electrons. The van der Waals surface area contributed by atoms with Gasteiger partial charge in [0.25, 0.3) is 5.91 Å². The third-order valence-corrected chi connectivity index (χ3v) is 4.24. The zero-order valence-electron chi connectivity index (χ0n) is 11.2. The lowest BCUT2D eigenvalue weighted by atomic mass is 10.1. The topological polar surface area (TPSA) is 46.3 Å². The van der Waals surface area contributed by atoms with E-state index in [0.717, 1.165) is 23.1 Å². The Balaban J connectivity index is 2.14. The van der Waals surface area contributed by atoms with Crippen molar-refractivity contribution in [3.63, 3.8) is 0 Å². The lowest BCUT2D eigenvalue weighted by Crippen LogP contribution is -2.23. The van der Waals surface area contributed by atoms with Crippen molar-refractivity contribution in [3.8, 4) is 0 Å². The highest BCUT2D eigenvalue weighted by atomic mass is 32.3. The van der Waals surface area contributed by atoms with Crippen LogP contribution in [-0.2, 0) is 0 Å². The molecule has 0 saturated heterocycles. The quantitative estimate of drug-likeness (QED) is 0.813. The lowest BCUT2D eigenvalue weighted by molar-refractivity contribution is 0.101. The molecule has 2 aromatic rings. The fourth-order valence-corrected chi connectivity index (χ4v) is 2.87. The summed E-state index contributed by atoms with van der Waals surface area (Å²) in [6, 6.07) is 9.72. The average molecular weight is 324 g/mol. The Bertz CT molecular complexity index is 767. The van der Waals surface area contributed by atoms with Gasteiger partial charge >= 0.3 is 0 Å². The molecule has 0 aromatic heterocycles. The fraction of sp³-hybridized carbons (Fsp3) is 0. The molecular formula is C15H11F3N2OS. The largest absolute Gasteiger partial charge is 0.397 e. The maximum atomic E-state index is 13.0. The van der Waals surface area contributed by atoms with E-state index in [-0.39, 0.29) is 11.4 Å². The van der Waals surface area contributed by atoms with Crippen LogP contribution in [-0.4, -0.2) is 5.91 Å². The molecule has 0 unspecified atom stereocenters. The van der Waals surface area contributed by atoms with Crippen LogP contribution in [0.1, 0.15) is 15.9 Å². The standard InChI is InChI=1S/C15H11F3N2OS/c1-9-11-4-2-3-5-12(11)15(21)20(9)14-8-10(22(16,17)18)6-7-13(14)19/h2-8H,1,19H2. The Morgan fingerprint density at radius 2 is 1.68 bits per heavy atom. The van der Waals surface area contributed by atoms with Crippen LogP contribution in [0.25, 0.3) is 5.70 Å². The molecular weight excluding hydrogens is 313 g/mol. The van der Waals surface area contributed by atoms with Crippen molar-refractivity contribution in [2.45, 2.75) is 4.90 Å². The first kappa shape index (κ1) is 14.5. The highest BCUT2D eigenvalue weighted by molar-refractivity contribution is 8.20. The van der Waals surface area contributed by atoms with E-state index >= 15 is 0 Å². The first-order valence-electron chi connectivity index (χ1n) is 6.25. The number of rotatable bonds is 2. The molecule has 0 atom stereocenters. The summed E-state index contributed by atoms with van der Waals surface area (Å²) in [6.45, 7) is 3.81. The first-order valence-corrected chi connectivity index (χ1v) is 7.58. The summed E-state index contributed by atoms with van der Waals surface area (Å²) in [5, 5.41) is 0. The van der Waals surface area contributed by atoms with Crippen molar-refractivity contribution >= 4 is 34.2 Å². The van der Waals surface area contributed by atoms with E-state index in [1.807, 2.05) is 0 Å². The van der Waals surface area contributed by atoms with Gasteiger partial charge in [-0.25, -0.2) is 0 Å². The Morgan fingerprint density at radius 1 is 1.05 bits per heavy atom. The van der Waals surface area contributed by atoms with Crippen LogP contribution in [0.2, 0.25) is 0 Å². The molecule has 1 aliphatic heterocycles. The van der Waals surface area contributed by atoms with Crippen LogP contribution in [0.3, 0.4) is 0 Å². The number of hydrogen-bond donors (Lipinski definition) is 1. The SMILES string of the molecule is C=C1c2ccccc2C(=O)N1c1cc(S(F)(F)F)ccc1N. The van der Waals surface area contributed by atoms with Gasteiger partial charge in [0.05, 0.1) is 22.0 Å². The summed E-state index contributed by atoms with van der Waals surface area (Å²) in [4.78, 5) is 12.8. The van der Waals surface area contributed by atoms with Gasteiger partial charge in [0, 0.05) is 11.1 Å². The summed E-state index contributed by atoms with van der Waals surface area (Å²) in [5.41, 5.74) is 7.19. The zero-order valence-corrected chi connectivity index (χ0v) is 12.0. The molecule has 1 heterocycles. The van der Waals surface area contributed by atoms with Crippen molar-refractivity contribution in [3.05, 3.63) is 60.2 Å². The van der Waals surface area contributed by atoms with E-state index in [9.17, 15) is 16.5 Å². The zero-order chi connectivity index (χ0) is 16.1. The van der Waals surface area contributed by atoms with Gasteiger partial charge in [-0.05, 0) is 24.3 Å². The summed E-state index contributed by atoms with van der Waals surface area (Å²) in [7, 11) is 0. The van der Waals surface area contributed by atoms with Crippen molar-refractivity contribution in [2.24, 2.45) is 0 Å². The van der Waals surface area contributed by atoms with Crippen molar-refractivity contribution in [1.29, 1.82) is 0 Å². The van der Waals surface area contributed by atoms with E-state index in [0.29, 0.717) is 16.8 Å². The molecule has 1 aliphatic rings. The van der Waals surface area contributed by atoms with Crippen LogP contribution in [0.4, 0.5) is 23.0 Å². The Morgan fingerprint density at radius 3 is 2.27 bits per heavy atom. The highest BCUT2D eigenvalue weighted by Crippen LogP contribution is 2.61. The number of carbonyl (C=O) groups excluding carboxylic acids is 1. The minimum atomic E-state index is -5.40. The van der Waals surface area contributed by atoms with Crippen LogP contribution >= 0.6 is 11.2 Å². The molecule has 22 heavy (non-hydrogen) atoms. The molecule has 0 spiro atoms. The molecule has 7 heteroatoms. The second-order valence-electron chi connectivity index (χ2n) is 4.76. The van der Waals surface area contributed by atoms with Gasteiger partial charge < -0.3 is 5.73 Å². The van der Waals surface area contributed by atoms with Gasteiger partial charge in [0.2, 0.25) is 11.2 Å². The van der Waals surface area contributed by atoms with Gasteiger partial charge in [0.1, 0.15) is 0 Å².